The van der Waals surface area contributed by atoms with Gasteiger partial charge in [-0.05, 0) is 37.1 Å². The third-order valence-electron chi connectivity index (χ3n) is 5.44. The summed E-state index contributed by atoms with van der Waals surface area (Å²) in [5.74, 6) is -1.08. The number of hydrogen-bond donors (Lipinski definition) is 2. The fourth-order valence-electron chi connectivity index (χ4n) is 3.63. The summed E-state index contributed by atoms with van der Waals surface area (Å²) in [6, 6.07) is 7.42. The molecule has 0 saturated carbocycles. The van der Waals surface area contributed by atoms with E-state index in [1.165, 1.54) is 0 Å². The minimum absolute atomic E-state index is 0.0355. The Morgan fingerprint density at radius 2 is 2.11 bits per heavy atom. The van der Waals surface area contributed by atoms with E-state index in [4.69, 9.17) is 4.74 Å². The van der Waals surface area contributed by atoms with Crippen molar-refractivity contribution in [3.05, 3.63) is 46.8 Å². The van der Waals surface area contributed by atoms with E-state index < -0.39 is 11.9 Å². The SMILES string of the molecule is COc1cccc([C@H]2CN(C(=O)CCc3n[nH]c(C)c3C)C[C@@H]2C(=O)O)c1. The van der Waals surface area contributed by atoms with Crippen LogP contribution >= 0.6 is 0 Å². The van der Waals surface area contributed by atoms with E-state index in [-0.39, 0.29) is 18.4 Å². The fraction of sp³-hybridized carbons (Fsp3) is 0.450. The largest absolute Gasteiger partial charge is 0.497 e. The molecule has 0 spiro atoms. The van der Waals surface area contributed by atoms with Gasteiger partial charge in [0.15, 0.2) is 0 Å². The van der Waals surface area contributed by atoms with Crippen LogP contribution in [0, 0.1) is 19.8 Å². The van der Waals surface area contributed by atoms with Crippen molar-refractivity contribution in [2.24, 2.45) is 5.92 Å². The Morgan fingerprint density at radius 1 is 1.33 bits per heavy atom. The maximum atomic E-state index is 12.7. The summed E-state index contributed by atoms with van der Waals surface area (Å²) >= 11 is 0. The van der Waals surface area contributed by atoms with Crippen LogP contribution in [0.3, 0.4) is 0 Å². The average Bonchev–Trinajstić information content (AvgIpc) is 3.25. The Morgan fingerprint density at radius 3 is 2.74 bits per heavy atom. The summed E-state index contributed by atoms with van der Waals surface area (Å²) in [6.45, 7) is 4.56. The molecule has 7 heteroatoms. The minimum Gasteiger partial charge on any atom is -0.497 e. The summed E-state index contributed by atoms with van der Waals surface area (Å²) in [6.07, 6.45) is 0.870. The molecule has 144 valence electrons. The number of amides is 1. The monoisotopic (exact) mass is 371 g/mol. The van der Waals surface area contributed by atoms with Gasteiger partial charge >= 0.3 is 5.97 Å². The molecule has 0 unspecified atom stereocenters. The normalized spacial score (nSPS) is 19.3. The maximum Gasteiger partial charge on any atom is 0.308 e. The standard InChI is InChI=1S/C20H25N3O4/c1-12-13(2)21-22-18(12)7-8-19(24)23-10-16(17(11-23)20(25)26)14-5-4-6-15(9-14)27-3/h4-6,9,16-17H,7-8,10-11H2,1-3H3,(H,21,22)(H,25,26)/t16-,17+/m1/s1. The highest BCUT2D eigenvalue weighted by atomic mass is 16.5. The predicted octanol–water partition coefficient (Wildman–Crippen LogP) is 2.29. The molecular weight excluding hydrogens is 346 g/mol. The Balaban J connectivity index is 1.70. The molecular formula is C20H25N3O4. The van der Waals surface area contributed by atoms with E-state index in [2.05, 4.69) is 10.2 Å². The van der Waals surface area contributed by atoms with Crippen LogP contribution in [0.2, 0.25) is 0 Å². The highest BCUT2D eigenvalue weighted by Gasteiger charge is 2.40. The van der Waals surface area contributed by atoms with Crippen LogP contribution in [0.1, 0.15) is 34.9 Å². The van der Waals surface area contributed by atoms with Crippen molar-refractivity contribution < 1.29 is 19.4 Å². The van der Waals surface area contributed by atoms with Crippen LogP contribution in [0.15, 0.2) is 24.3 Å². The van der Waals surface area contributed by atoms with Gasteiger partial charge in [-0.1, -0.05) is 12.1 Å². The van der Waals surface area contributed by atoms with Crippen molar-refractivity contribution in [1.82, 2.24) is 15.1 Å². The van der Waals surface area contributed by atoms with Crippen molar-refractivity contribution in [3.8, 4) is 5.75 Å². The number of rotatable bonds is 6. The van der Waals surface area contributed by atoms with Crippen LogP contribution in [-0.2, 0) is 16.0 Å². The lowest BCUT2D eigenvalue weighted by atomic mass is 9.89. The average molecular weight is 371 g/mol. The molecule has 2 N–H and O–H groups in total. The van der Waals surface area contributed by atoms with Crippen LogP contribution in [0.4, 0.5) is 0 Å². The number of hydrogen-bond acceptors (Lipinski definition) is 4. The lowest BCUT2D eigenvalue weighted by Gasteiger charge is -2.17. The van der Waals surface area contributed by atoms with Crippen LogP contribution in [-0.4, -0.2) is 52.3 Å². The van der Waals surface area contributed by atoms with Crippen LogP contribution < -0.4 is 4.74 Å². The number of aryl methyl sites for hydroxylation is 2. The Hall–Kier alpha value is -2.83. The van der Waals surface area contributed by atoms with E-state index >= 15 is 0 Å². The second kappa shape index (κ2) is 7.82. The fourth-order valence-corrected chi connectivity index (χ4v) is 3.63. The molecule has 3 rings (SSSR count). The van der Waals surface area contributed by atoms with Gasteiger partial charge < -0.3 is 14.7 Å². The first-order valence-electron chi connectivity index (χ1n) is 9.05. The number of methoxy groups -OCH3 is 1. The zero-order valence-corrected chi connectivity index (χ0v) is 15.9. The molecule has 0 radical (unpaired) electrons. The van der Waals surface area contributed by atoms with Crippen molar-refractivity contribution in [2.45, 2.75) is 32.6 Å². The van der Waals surface area contributed by atoms with Crippen molar-refractivity contribution in [2.75, 3.05) is 20.2 Å². The molecule has 1 amide bonds. The summed E-state index contributed by atoms with van der Waals surface area (Å²) in [5.41, 5.74) is 3.85. The summed E-state index contributed by atoms with van der Waals surface area (Å²) in [5, 5.41) is 16.8. The number of carbonyl (C=O) groups excluding carboxylic acids is 1. The topological polar surface area (TPSA) is 95.5 Å². The van der Waals surface area contributed by atoms with Crippen molar-refractivity contribution in [3.63, 3.8) is 0 Å². The number of ether oxygens (including phenoxy) is 1. The molecule has 0 aliphatic carbocycles. The first-order chi connectivity index (χ1) is 12.9. The second-order valence-electron chi connectivity index (χ2n) is 7.05. The van der Waals surface area contributed by atoms with Crippen molar-refractivity contribution in [1.29, 1.82) is 0 Å². The number of aromatic amines is 1. The van der Waals surface area contributed by atoms with Gasteiger partial charge in [-0.15, -0.1) is 0 Å². The van der Waals surface area contributed by atoms with Crippen molar-refractivity contribution >= 4 is 11.9 Å². The van der Waals surface area contributed by atoms with Gasteiger partial charge in [0.1, 0.15) is 5.75 Å². The molecule has 1 aromatic carbocycles. The molecule has 1 aliphatic heterocycles. The van der Waals surface area contributed by atoms with E-state index in [0.29, 0.717) is 25.1 Å². The molecule has 27 heavy (non-hydrogen) atoms. The van der Waals surface area contributed by atoms with E-state index in [1.807, 2.05) is 38.1 Å². The molecule has 1 fully saturated rings. The Kier molecular flexibility index (Phi) is 5.48. The number of carbonyl (C=O) groups is 2. The molecule has 1 aromatic heterocycles. The zero-order valence-electron chi connectivity index (χ0n) is 15.9. The lowest BCUT2D eigenvalue weighted by Crippen LogP contribution is -2.30. The number of H-pyrrole nitrogens is 1. The molecule has 2 aromatic rings. The van der Waals surface area contributed by atoms with Gasteiger partial charge in [0, 0.05) is 37.5 Å². The van der Waals surface area contributed by atoms with Gasteiger partial charge in [-0.2, -0.15) is 5.10 Å². The van der Waals surface area contributed by atoms with Gasteiger partial charge in [-0.25, -0.2) is 0 Å². The number of benzene rings is 1. The zero-order chi connectivity index (χ0) is 19.6. The van der Waals surface area contributed by atoms with E-state index in [9.17, 15) is 14.7 Å². The number of aliphatic carboxylic acids is 1. The molecule has 1 aliphatic rings. The first kappa shape index (κ1) is 18.9. The third kappa shape index (κ3) is 3.97. The molecule has 2 heterocycles. The summed E-state index contributed by atoms with van der Waals surface area (Å²) < 4.78 is 5.25. The quantitative estimate of drug-likeness (QED) is 0.812. The van der Waals surface area contributed by atoms with E-state index in [1.54, 1.807) is 12.0 Å². The molecule has 1 saturated heterocycles. The van der Waals surface area contributed by atoms with Crippen LogP contribution in [0.5, 0.6) is 5.75 Å². The summed E-state index contributed by atoms with van der Waals surface area (Å²) in [7, 11) is 1.58. The molecule has 2 atom stereocenters. The highest BCUT2D eigenvalue weighted by molar-refractivity contribution is 5.80. The predicted molar refractivity (Wildman–Crippen MR) is 99.8 cm³/mol. The maximum absolute atomic E-state index is 12.7. The number of nitrogens with zero attached hydrogens (tertiary/aromatic N) is 2. The second-order valence-corrected chi connectivity index (χ2v) is 7.05. The lowest BCUT2D eigenvalue weighted by molar-refractivity contribution is -0.141. The van der Waals surface area contributed by atoms with Gasteiger partial charge in [-0.3, -0.25) is 14.7 Å². The van der Waals surface area contributed by atoms with Gasteiger partial charge in [0.25, 0.3) is 0 Å². The Bertz CT molecular complexity index is 846. The number of aromatic nitrogens is 2. The highest BCUT2D eigenvalue weighted by Crippen LogP contribution is 2.34. The number of likely N-dealkylation sites (tertiary alicyclic amines) is 1. The first-order valence-corrected chi connectivity index (χ1v) is 9.05. The van der Waals surface area contributed by atoms with Gasteiger partial charge in [0.05, 0.1) is 18.7 Å². The van der Waals surface area contributed by atoms with Gasteiger partial charge in [0.2, 0.25) is 5.91 Å². The molecule has 7 nitrogen and oxygen atoms in total. The van der Waals surface area contributed by atoms with Crippen LogP contribution in [0.25, 0.3) is 0 Å². The van der Waals surface area contributed by atoms with E-state index in [0.717, 1.165) is 22.5 Å². The molecule has 0 bridgehead atoms. The number of carboxylic acid groups (broad SMARTS) is 1. The number of nitrogens with one attached hydrogen (secondary N) is 1. The third-order valence-corrected chi connectivity index (χ3v) is 5.44. The smallest absolute Gasteiger partial charge is 0.308 e. The Labute approximate surface area is 158 Å². The number of carboxylic acids is 1. The summed E-state index contributed by atoms with van der Waals surface area (Å²) in [4.78, 5) is 26.1. The minimum atomic E-state index is -0.878.